The maximum atomic E-state index is 10.7. The van der Waals surface area contributed by atoms with Gasteiger partial charge < -0.3 is 5.11 Å². The maximum absolute atomic E-state index is 10.7. The molecule has 0 aromatic rings. The van der Waals surface area contributed by atoms with E-state index in [0.29, 0.717) is 38.4 Å². The van der Waals surface area contributed by atoms with E-state index in [-0.39, 0.29) is 6.10 Å². The van der Waals surface area contributed by atoms with Gasteiger partial charge in [-0.2, -0.15) is 0 Å². The molecule has 0 aromatic heterocycles. The van der Waals surface area contributed by atoms with E-state index in [1.165, 1.54) is 64.2 Å². The summed E-state index contributed by atoms with van der Waals surface area (Å²) in [7, 11) is 0. The third-order valence-corrected chi connectivity index (χ3v) is 13.9. The molecule has 0 aromatic carbocycles. The van der Waals surface area contributed by atoms with Crippen LogP contribution in [-0.4, -0.2) is 11.2 Å². The smallest absolute Gasteiger partial charge is 0.0571 e. The number of aliphatic hydroxyl groups excluding tert-OH is 1. The highest BCUT2D eigenvalue weighted by Gasteiger charge is 2.70. The molecule has 31 heavy (non-hydrogen) atoms. The Hall–Kier alpha value is -0.0400. The lowest BCUT2D eigenvalue weighted by Crippen LogP contribution is -2.67. The highest BCUT2D eigenvalue weighted by Crippen LogP contribution is 2.78. The summed E-state index contributed by atoms with van der Waals surface area (Å²) in [5.74, 6) is 3.02. The van der Waals surface area contributed by atoms with Gasteiger partial charge in [-0.15, -0.1) is 0 Å². The van der Waals surface area contributed by atoms with Gasteiger partial charge in [-0.25, -0.2) is 0 Å². The second-order valence-electron chi connectivity index (χ2n) is 15.5. The maximum Gasteiger partial charge on any atom is 0.0571 e. The molecule has 0 heterocycles. The molecule has 0 bridgehead atoms. The van der Waals surface area contributed by atoms with Gasteiger partial charge in [0.25, 0.3) is 0 Å². The Morgan fingerprint density at radius 3 is 1.90 bits per heavy atom. The number of aliphatic hydroxyl groups is 1. The molecular weight excluding hydrogens is 376 g/mol. The molecule has 0 spiro atoms. The fourth-order valence-corrected chi connectivity index (χ4v) is 11.4. The van der Waals surface area contributed by atoms with Gasteiger partial charge in [0, 0.05) is 0 Å². The van der Waals surface area contributed by atoms with E-state index in [4.69, 9.17) is 0 Å². The molecule has 5 aliphatic carbocycles. The molecular formula is C30H52O. The summed E-state index contributed by atoms with van der Waals surface area (Å²) < 4.78 is 0. The first-order valence-electron chi connectivity index (χ1n) is 13.9. The van der Waals surface area contributed by atoms with Crippen LogP contribution in [0.3, 0.4) is 0 Å². The summed E-state index contributed by atoms with van der Waals surface area (Å²) in [5.41, 5.74) is 2.88. The molecule has 0 amide bonds. The summed E-state index contributed by atoms with van der Waals surface area (Å²) in [4.78, 5) is 0. The van der Waals surface area contributed by atoms with Crippen LogP contribution >= 0.6 is 0 Å². The first kappa shape index (κ1) is 22.7. The lowest BCUT2D eigenvalue weighted by atomic mass is 9.30. The number of fused-ring (bicyclic) bond motifs is 7. The molecule has 5 aliphatic rings. The van der Waals surface area contributed by atoms with Crippen LogP contribution in [0.5, 0.6) is 0 Å². The molecule has 0 aliphatic heterocycles. The third-order valence-electron chi connectivity index (χ3n) is 13.9. The molecule has 5 fully saturated rings. The van der Waals surface area contributed by atoms with Gasteiger partial charge in [-0.1, -0.05) is 55.4 Å². The van der Waals surface area contributed by atoms with Crippen molar-refractivity contribution in [2.45, 2.75) is 132 Å². The summed E-state index contributed by atoms with van der Waals surface area (Å²) >= 11 is 0. The van der Waals surface area contributed by atoms with Gasteiger partial charge in [-0.3, -0.25) is 0 Å². The van der Waals surface area contributed by atoms with Crippen molar-refractivity contribution in [3.8, 4) is 0 Å². The van der Waals surface area contributed by atoms with E-state index in [2.05, 4.69) is 55.4 Å². The third kappa shape index (κ3) is 2.77. The van der Waals surface area contributed by atoms with Crippen molar-refractivity contribution in [3.05, 3.63) is 0 Å². The van der Waals surface area contributed by atoms with Gasteiger partial charge in [0.2, 0.25) is 0 Å². The molecule has 1 nitrogen and oxygen atoms in total. The zero-order chi connectivity index (χ0) is 22.7. The van der Waals surface area contributed by atoms with Crippen molar-refractivity contribution in [2.24, 2.45) is 56.2 Å². The van der Waals surface area contributed by atoms with E-state index in [0.717, 1.165) is 24.2 Å². The molecule has 0 saturated heterocycles. The van der Waals surface area contributed by atoms with Crippen LogP contribution in [0.4, 0.5) is 0 Å². The Labute approximate surface area is 193 Å². The van der Waals surface area contributed by atoms with Crippen molar-refractivity contribution < 1.29 is 5.11 Å². The van der Waals surface area contributed by atoms with Crippen LogP contribution in [0.1, 0.15) is 126 Å². The van der Waals surface area contributed by atoms with Crippen LogP contribution < -0.4 is 0 Å². The summed E-state index contributed by atoms with van der Waals surface area (Å²) in [6.45, 7) is 20.9. The molecule has 5 rings (SSSR count). The number of hydrogen-bond donors (Lipinski definition) is 1. The lowest BCUT2D eigenvalue weighted by Gasteiger charge is -2.75. The minimum atomic E-state index is -0.0781. The Balaban J connectivity index is 1.54. The largest absolute Gasteiger partial charge is 0.393 e. The Morgan fingerprint density at radius 2 is 1.19 bits per heavy atom. The SMILES string of the molecule is C[C@H]1[C@H](O)CC[C@H]2[C@]1(C)CC[C@H]1[C@@]2(C)CC[C@@]2(C)[C@@H]3CC(C)(C)CC[C@]3(C)CC[C@]12C. The first-order chi connectivity index (χ1) is 14.2. The second kappa shape index (κ2) is 6.55. The quantitative estimate of drug-likeness (QED) is 0.412. The van der Waals surface area contributed by atoms with Crippen molar-refractivity contribution in [1.82, 2.24) is 0 Å². The lowest BCUT2D eigenvalue weighted by molar-refractivity contribution is -0.263. The van der Waals surface area contributed by atoms with Gasteiger partial charge in [0.15, 0.2) is 0 Å². The zero-order valence-electron chi connectivity index (χ0n) is 22.1. The van der Waals surface area contributed by atoms with Crippen molar-refractivity contribution in [2.75, 3.05) is 0 Å². The zero-order valence-corrected chi connectivity index (χ0v) is 22.1. The Kier molecular flexibility index (Phi) is 4.80. The molecule has 5 saturated carbocycles. The fraction of sp³-hybridized carbons (Fsp3) is 1.00. The predicted molar refractivity (Wildman–Crippen MR) is 131 cm³/mol. The van der Waals surface area contributed by atoms with E-state index < -0.39 is 0 Å². The first-order valence-corrected chi connectivity index (χ1v) is 13.9. The summed E-state index contributed by atoms with van der Waals surface area (Å²) in [6, 6.07) is 0. The highest BCUT2D eigenvalue weighted by atomic mass is 16.3. The van der Waals surface area contributed by atoms with Crippen LogP contribution in [0, 0.1) is 56.2 Å². The van der Waals surface area contributed by atoms with E-state index in [9.17, 15) is 5.11 Å². The van der Waals surface area contributed by atoms with Crippen molar-refractivity contribution in [3.63, 3.8) is 0 Å². The van der Waals surface area contributed by atoms with Crippen LogP contribution in [0.2, 0.25) is 0 Å². The molecule has 10 atom stereocenters. The highest BCUT2D eigenvalue weighted by molar-refractivity contribution is 5.19. The standard InChI is InChI=1S/C30H52O/c1-20-21(31)9-10-22-27(20,5)12-11-23-28(22,6)16-18-30(8)24-19-25(2,3)13-14-26(24,4)15-17-29(23,30)7/h20-24,31H,9-19H2,1-8H3/t20-,21+,22-,23-,24+,26+,27+,28-,29+,30-/m0/s1. The summed E-state index contributed by atoms with van der Waals surface area (Å²) in [6.07, 6.45) is 15.1. The normalized spacial score (nSPS) is 60.9. The topological polar surface area (TPSA) is 20.2 Å². The average molecular weight is 429 g/mol. The second-order valence-corrected chi connectivity index (χ2v) is 15.5. The molecule has 1 N–H and O–H groups in total. The molecule has 0 unspecified atom stereocenters. The van der Waals surface area contributed by atoms with Gasteiger partial charge >= 0.3 is 0 Å². The average Bonchev–Trinajstić information content (AvgIpc) is 2.69. The van der Waals surface area contributed by atoms with Crippen molar-refractivity contribution >= 4 is 0 Å². The van der Waals surface area contributed by atoms with Gasteiger partial charge in [-0.05, 0) is 127 Å². The van der Waals surface area contributed by atoms with Gasteiger partial charge in [0.05, 0.1) is 6.10 Å². The Bertz CT molecular complexity index is 741. The minimum Gasteiger partial charge on any atom is -0.393 e. The fourth-order valence-electron chi connectivity index (χ4n) is 11.4. The van der Waals surface area contributed by atoms with E-state index >= 15 is 0 Å². The van der Waals surface area contributed by atoms with Crippen molar-refractivity contribution in [1.29, 1.82) is 0 Å². The number of hydrogen-bond acceptors (Lipinski definition) is 1. The predicted octanol–water partition coefficient (Wildman–Crippen LogP) is 8.25. The Morgan fingerprint density at radius 1 is 0.581 bits per heavy atom. The van der Waals surface area contributed by atoms with Crippen LogP contribution in [0.25, 0.3) is 0 Å². The summed E-state index contributed by atoms with van der Waals surface area (Å²) in [5, 5.41) is 10.7. The number of rotatable bonds is 0. The van der Waals surface area contributed by atoms with Crippen LogP contribution in [0.15, 0.2) is 0 Å². The minimum absolute atomic E-state index is 0.0781. The van der Waals surface area contributed by atoms with Gasteiger partial charge in [0.1, 0.15) is 0 Å². The molecule has 1 heteroatoms. The van der Waals surface area contributed by atoms with E-state index in [1.807, 2.05) is 0 Å². The molecule has 0 radical (unpaired) electrons. The molecule has 178 valence electrons. The van der Waals surface area contributed by atoms with E-state index in [1.54, 1.807) is 0 Å². The van der Waals surface area contributed by atoms with Crippen LogP contribution in [-0.2, 0) is 0 Å². The monoisotopic (exact) mass is 428 g/mol.